The summed E-state index contributed by atoms with van der Waals surface area (Å²) in [6.07, 6.45) is 0.709. The summed E-state index contributed by atoms with van der Waals surface area (Å²) in [5, 5.41) is 6.31. The van der Waals surface area contributed by atoms with Gasteiger partial charge in [-0.2, -0.15) is 0 Å². The molecule has 0 spiro atoms. The minimum atomic E-state index is -3.29. The van der Waals surface area contributed by atoms with Crippen LogP contribution in [0.3, 0.4) is 0 Å². The summed E-state index contributed by atoms with van der Waals surface area (Å²) < 4.78 is 24.8. The number of hydrogen-bond donors (Lipinski definition) is 2. The molecule has 2 N–H and O–H groups in total. The van der Waals surface area contributed by atoms with Crippen LogP contribution in [0, 0.1) is 0 Å². The molecule has 1 rings (SSSR count). The van der Waals surface area contributed by atoms with Crippen LogP contribution in [-0.2, 0) is 9.84 Å². The summed E-state index contributed by atoms with van der Waals surface area (Å²) in [7, 11) is -3.29. The Bertz CT molecular complexity index is 547. The Labute approximate surface area is 150 Å². The Kier molecular flexibility index (Phi) is 10.4. The topological polar surface area (TPSA) is 70.6 Å². The third kappa shape index (κ3) is 6.95. The van der Waals surface area contributed by atoms with Gasteiger partial charge in [0.15, 0.2) is 15.8 Å². The van der Waals surface area contributed by atoms with E-state index in [2.05, 4.69) is 15.6 Å². The van der Waals surface area contributed by atoms with Crippen LogP contribution in [0.4, 0.5) is 0 Å². The number of benzene rings is 1. The van der Waals surface area contributed by atoms with E-state index in [4.69, 9.17) is 0 Å². The molecule has 0 bridgehead atoms. The lowest BCUT2D eigenvalue weighted by Gasteiger charge is -2.20. The zero-order valence-corrected chi connectivity index (χ0v) is 16.5. The van der Waals surface area contributed by atoms with Crippen molar-refractivity contribution in [2.75, 3.05) is 18.8 Å². The van der Waals surface area contributed by atoms with E-state index in [0.717, 1.165) is 6.54 Å². The lowest BCUT2D eigenvalue weighted by Crippen LogP contribution is -2.46. The first-order valence-corrected chi connectivity index (χ1v) is 9.01. The molecule has 1 aromatic carbocycles. The van der Waals surface area contributed by atoms with E-state index in [0.29, 0.717) is 23.8 Å². The molecule has 0 aliphatic heterocycles. The van der Waals surface area contributed by atoms with E-state index in [1.54, 1.807) is 24.3 Å². The van der Waals surface area contributed by atoms with Gasteiger partial charge in [-0.1, -0.05) is 25.1 Å². The maximum Gasteiger partial charge on any atom is 0.191 e. The molecular formula is C15H26IN3O2S. The van der Waals surface area contributed by atoms with Gasteiger partial charge in [0.1, 0.15) is 0 Å². The Hall–Kier alpha value is -0.830. The predicted octanol–water partition coefficient (Wildman–Crippen LogP) is 2.43. The number of halogens is 1. The van der Waals surface area contributed by atoms with Crippen LogP contribution in [0.25, 0.3) is 0 Å². The van der Waals surface area contributed by atoms with Gasteiger partial charge in [-0.25, -0.2) is 8.42 Å². The van der Waals surface area contributed by atoms with Gasteiger partial charge in [-0.15, -0.1) is 24.0 Å². The molecule has 5 nitrogen and oxygen atoms in total. The highest BCUT2D eigenvalue weighted by atomic mass is 127. The monoisotopic (exact) mass is 439 g/mol. The average molecular weight is 439 g/mol. The molecule has 0 fully saturated rings. The van der Waals surface area contributed by atoms with Gasteiger partial charge in [0.25, 0.3) is 0 Å². The number of aliphatic imine (C=N–C) groups is 1. The van der Waals surface area contributed by atoms with Crippen molar-refractivity contribution in [1.29, 1.82) is 0 Å². The molecular weight excluding hydrogens is 413 g/mol. The first kappa shape index (κ1) is 21.2. The van der Waals surface area contributed by atoms with Crippen molar-refractivity contribution in [2.24, 2.45) is 4.99 Å². The Balaban J connectivity index is 0.00000441. The zero-order valence-electron chi connectivity index (χ0n) is 13.4. The molecule has 0 amide bonds. The van der Waals surface area contributed by atoms with Crippen molar-refractivity contribution in [3.05, 3.63) is 30.3 Å². The van der Waals surface area contributed by atoms with Gasteiger partial charge in [0.2, 0.25) is 0 Å². The highest BCUT2D eigenvalue weighted by molar-refractivity contribution is 14.0. The van der Waals surface area contributed by atoms with Crippen LogP contribution in [0.1, 0.15) is 27.2 Å². The van der Waals surface area contributed by atoms with Crippen molar-refractivity contribution < 1.29 is 8.42 Å². The van der Waals surface area contributed by atoms with Gasteiger partial charge in [-0.05, 0) is 32.4 Å². The van der Waals surface area contributed by atoms with Crippen molar-refractivity contribution in [3.8, 4) is 0 Å². The van der Waals surface area contributed by atoms with E-state index < -0.39 is 9.84 Å². The lowest BCUT2D eigenvalue weighted by molar-refractivity contribution is 0.569. The van der Waals surface area contributed by atoms with Crippen LogP contribution in [-0.4, -0.2) is 39.3 Å². The van der Waals surface area contributed by atoms with Gasteiger partial charge >= 0.3 is 0 Å². The molecule has 0 saturated carbocycles. The maximum absolute atomic E-state index is 12.4. The SMILES string of the molecule is CCN=C(NCC)NC(CC)CS(=O)(=O)c1ccccc1.I. The van der Waals surface area contributed by atoms with Crippen molar-refractivity contribution in [1.82, 2.24) is 10.6 Å². The fraction of sp³-hybridized carbons (Fsp3) is 0.533. The third-order valence-corrected chi connectivity index (χ3v) is 4.85. The number of nitrogens with one attached hydrogen (secondary N) is 2. The quantitative estimate of drug-likeness (QED) is 0.389. The molecule has 1 unspecified atom stereocenters. The number of rotatable bonds is 7. The normalized spacial score (nSPS) is 13.1. The van der Waals surface area contributed by atoms with Crippen LogP contribution in [0.15, 0.2) is 40.2 Å². The van der Waals surface area contributed by atoms with Gasteiger partial charge < -0.3 is 10.6 Å². The minimum Gasteiger partial charge on any atom is -0.357 e. The molecule has 126 valence electrons. The average Bonchev–Trinajstić information content (AvgIpc) is 2.47. The molecule has 1 aromatic rings. The van der Waals surface area contributed by atoms with E-state index in [1.165, 1.54) is 0 Å². The van der Waals surface area contributed by atoms with E-state index in [9.17, 15) is 8.42 Å². The van der Waals surface area contributed by atoms with Crippen molar-refractivity contribution in [3.63, 3.8) is 0 Å². The highest BCUT2D eigenvalue weighted by Gasteiger charge is 2.20. The van der Waals surface area contributed by atoms with E-state index in [1.807, 2.05) is 26.8 Å². The summed E-state index contributed by atoms with van der Waals surface area (Å²) in [4.78, 5) is 4.67. The second kappa shape index (κ2) is 10.8. The Morgan fingerprint density at radius 2 is 1.82 bits per heavy atom. The van der Waals surface area contributed by atoms with Crippen molar-refractivity contribution >= 4 is 39.8 Å². The van der Waals surface area contributed by atoms with Crippen LogP contribution in [0.5, 0.6) is 0 Å². The minimum absolute atomic E-state index is 0. The molecule has 0 radical (unpaired) electrons. The Morgan fingerprint density at radius 3 is 2.32 bits per heavy atom. The smallest absolute Gasteiger partial charge is 0.191 e. The molecule has 7 heteroatoms. The predicted molar refractivity (Wildman–Crippen MR) is 103 cm³/mol. The third-order valence-electron chi connectivity index (χ3n) is 3.02. The van der Waals surface area contributed by atoms with Crippen LogP contribution < -0.4 is 10.6 Å². The van der Waals surface area contributed by atoms with E-state index >= 15 is 0 Å². The summed E-state index contributed by atoms with van der Waals surface area (Å²) in [5.74, 6) is 0.719. The molecule has 0 saturated heterocycles. The summed E-state index contributed by atoms with van der Waals surface area (Å²) in [5.41, 5.74) is 0. The largest absolute Gasteiger partial charge is 0.357 e. The summed E-state index contributed by atoms with van der Waals surface area (Å²) in [6.45, 7) is 7.29. The van der Waals surface area contributed by atoms with Crippen molar-refractivity contribution in [2.45, 2.75) is 38.1 Å². The molecule has 0 aliphatic carbocycles. The zero-order chi connectivity index (χ0) is 15.7. The fourth-order valence-corrected chi connectivity index (χ4v) is 3.53. The molecule has 0 aliphatic rings. The Morgan fingerprint density at radius 1 is 1.18 bits per heavy atom. The van der Waals surface area contributed by atoms with Gasteiger partial charge in [0, 0.05) is 19.1 Å². The standard InChI is InChI=1S/C15H25N3O2S.HI/c1-4-13(18-15(16-5-2)17-6-3)12-21(19,20)14-10-8-7-9-11-14;/h7-11,13H,4-6,12H2,1-3H3,(H2,16,17,18);1H. The second-order valence-electron chi connectivity index (χ2n) is 4.70. The number of sulfone groups is 1. The maximum atomic E-state index is 12.4. The molecule has 0 aromatic heterocycles. The lowest BCUT2D eigenvalue weighted by atomic mass is 10.3. The summed E-state index contributed by atoms with van der Waals surface area (Å²) >= 11 is 0. The number of nitrogens with zero attached hydrogens (tertiary/aromatic N) is 1. The number of hydrogen-bond acceptors (Lipinski definition) is 3. The highest BCUT2D eigenvalue weighted by Crippen LogP contribution is 2.12. The van der Waals surface area contributed by atoms with Gasteiger partial charge in [0.05, 0.1) is 10.6 Å². The molecule has 22 heavy (non-hydrogen) atoms. The van der Waals surface area contributed by atoms with Crippen LogP contribution in [0.2, 0.25) is 0 Å². The fourth-order valence-electron chi connectivity index (χ4n) is 1.92. The molecule has 1 atom stereocenters. The number of guanidine groups is 1. The van der Waals surface area contributed by atoms with Gasteiger partial charge in [-0.3, -0.25) is 4.99 Å². The first-order valence-electron chi connectivity index (χ1n) is 7.36. The van der Waals surface area contributed by atoms with E-state index in [-0.39, 0.29) is 35.8 Å². The summed E-state index contributed by atoms with van der Waals surface area (Å²) in [6, 6.07) is 8.39. The second-order valence-corrected chi connectivity index (χ2v) is 6.73. The molecule has 0 heterocycles. The first-order chi connectivity index (χ1) is 10.0. The van der Waals surface area contributed by atoms with Crippen LogP contribution >= 0.6 is 24.0 Å².